The third-order valence-corrected chi connectivity index (χ3v) is 6.65. The summed E-state index contributed by atoms with van der Waals surface area (Å²) in [4.78, 5) is 33.6. The van der Waals surface area contributed by atoms with E-state index in [1.54, 1.807) is 18.3 Å². The quantitative estimate of drug-likeness (QED) is 0.264. The number of fused-ring (bicyclic) bond motifs is 1. The summed E-state index contributed by atoms with van der Waals surface area (Å²) in [5.41, 5.74) is 2.20. The third-order valence-electron chi connectivity index (χ3n) is 6.65. The molecule has 1 amide bonds. The maximum atomic E-state index is 13.8. The molecule has 1 atom stereocenters. The molecule has 3 heterocycles. The van der Waals surface area contributed by atoms with Gasteiger partial charge in [-0.2, -0.15) is 5.26 Å². The zero-order valence-electron chi connectivity index (χ0n) is 21.5. The molecule has 0 spiro atoms. The van der Waals surface area contributed by atoms with Crippen LogP contribution >= 0.6 is 0 Å². The van der Waals surface area contributed by atoms with E-state index in [-0.39, 0.29) is 22.8 Å². The van der Waals surface area contributed by atoms with Crippen LogP contribution in [0.15, 0.2) is 95.4 Å². The molecule has 0 bridgehead atoms. The van der Waals surface area contributed by atoms with Gasteiger partial charge in [0.1, 0.15) is 23.1 Å². The fraction of sp³-hybridized carbons (Fsp3) is 0.226. The Bertz CT molecular complexity index is 1530. The zero-order chi connectivity index (χ0) is 27.0. The minimum Gasteiger partial charge on any atom is -0.376 e. The van der Waals surface area contributed by atoms with Gasteiger partial charge in [0, 0.05) is 32.4 Å². The Morgan fingerprint density at radius 3 is 2.33 bits per heavy atom. The zero-order valence-corrected chi connectivity index (χ0v) is 21.5. The summed E-state index contributed by atoms with van der Waals surface area (Å²) >= 11 is 0. The fourth-order valence-electron chi connectivity index (χ4n) is 4.67. The van der Waals surface area contributed by atoms with Crippen molar-refractivity contribution in [2.24, 2.45) is 0 Å². The molecular formula is C31H29N5O3. The molecule has 5 rings (SSSR count). The number of nitrogens with zero attached hydrogens (tertiary/aromatic N) is 4. The van der Waals surface area contributed by atoms with Gasteiger partial charge in [-0.15, -0.1) is 0 Å². The molecule has 4 aromatic rings. The fourth-order valence-corrected chi connectivity index (χ4v) is 4.67. The Labute approximate surface area is 226 Å². The van der Waals surface area contributed by atoms with Gasteiger partial charge in [0.25, 0.3) is 11.5 Å². The van der Waals surface area contributed by atoms with Gasteiger partial charge in [-0.1, -0.05) is 66.7 Å². The Hall–Kier alpha value is -4.74. The van der Waals surface area contributed by atoms with Crippen LogP contribution in [0.25, 0.3) is 11.7 Å². The molecule has 8 nitrogen and oxygen atoms in total. The number of hydrogen-bond acceptors (Lipinski definition) is 6. The predicted molar refractivity (Wildman–Crippen MR) is 150 cm³/mol. The summed E-state index contributed by atoms with van der Waals surface area (Å²) in [6.45, 7) is 1.93. The van der Waals surface area contributed by atoms with Gasteiger partial charge in [0.05, 0.1) is 11.7 Å². The number of pyridine rings is 1. The number of ether oxygens (including phenoxy) is 1. The minimum atomic E-state index is -0.547. The van der Waals surface area contributed by atoms with E-state index < -0.39 is 5.91 Å². The lowest BCUT2D eigenvalue weighted by molar-refractivity contribution is -0.117. The average Bonchev–Trinajstić information content (AvgIpc) is 3.50. The molecule has 1 N–H and O–H groups in total. The summed E-state index contributed by atoms with van der Waals surface area (Å²) in [6.07, 6.45) is 4.74. The highest BCUT2D eigenvalue weighted by Crippen LogP contribution is 2.24. The van der Waals surface area contributed by atoms with Gasteiger partial charge >= 0.3 is 0 Å². The highest BCUT2D eigenvalue weighted by Gasteiger charge is 2.22. The van der Waals surface area contributed by atoms with Crippen LogP contribution in [-0.2, 0) is 22.6 Å². The predicted octanol–water partition coefficient (Wildman–Crippen LogP) is 4.10. The lowest BCUT2D eigenvalue weighted by Gasteiger charge is -2.26. The standard InChI is InChI=1S/C31H29N5O3/c32-19-25(30(37)33-20-26-14-9-17-39-26)18-27-29(34-28-15-7-8-16-36(28)31(27)38)35(21-23-10-3-1-4-11-23)22-24-12-5-2-6-13-24/h1-8,10-13,15-16,18,26H,9,14,17,20-22H2,(H,33,37). The third kappa shape index (κ3) is 6.22. The largest absolute Gasteiger partial charge is 0.376 e. The molecule has 1 saturated heterocycles. The Balaban J connectivity index is 1.60. The van der Waals surface area contributed by atoms with E-state index in [9.17, 15) is 14.9 Å². The molecule has 0 aliphatic carbocycles. The van der Waals surface area contributed by atoms with Crippen LogP contribution < -0.4 is 15.8 Å². The first-order valence-corrected chi connectivity index (χ1v) is 13.0. The van der Waals surface area contributed by atoms with Crippen molar-refractivity contribution in [1.82, 2.24) is 14.7 Å². The molecule has 0 saturated carbocycles. The summed E-state index contributed by atoms with van der Waals surface area (Å²) < 4.78 is 7.01. The van der Waals surface area contributed by atoms with Crippen molar-refractivity contribution in [3.8, 4) is 6.07 Å². The van der Waals surface area contributed by atoms with Gasteiger partial charge < -0.3 is 15.0 Å². The van der Waals surface area contributed by atoms with Crippen LogP contribution in [-0.4, -0.2) is 34.5 Å². The van der Waals surface area contributed by atoms with E-state index in [1.165, 1.54) is 10.5 Å². The molecule has 1 fully saturated rings. The van der Waals surface area contributed by atoms with Gasteiger partial charge in [-0.05, 0) is 42.2 Å². The van der Waals surface area contributed by atoms with E-state index in [1.807, 2.05) is 77.7 Å². The number of amides is 1. The summed E-state index contributed by atoms with van der Waals surface area (Å²) in [6, 6.07) is 27.1. The Morgan fingerprint density at radius 1 is 1.05 bits per heavy atom. The summed E-state index contributed by atoms with van der Waals surface area (Å²) in [5, 5.41) is 12.7. The van der Waals surface area contributed by atoms with Crippen LogP contribution in [0.3, 0.4) is 0 Å². The van der Waals surface area contributed by atoms with E-state index in [0.717, 1.165) is 24.0 Å². The first-order chi connectivity index (χ1) is 19.1. The molecular weight excluding hydrogens is 490 g/mol. The van der Waals surface area contributed by atoms with Crippen molar-refractivity contribution in [3.63, 3.8) is 0 Å². The number of rotatable bonds is 9. The molecule has 1 aliphatic heterocycles. The van der Waals surface area contributed by atoms with Crippen LogP contribution in [0, 0.1) is 11.3 Å². The van der Waals surface area contributed by atoms with Crippen molar-refractivity contribution in [2.75, 3.05) is 18.1 Å². The number of anilines is 1. The molecule has 1 aliphatic rings. The van der Waals surface area contributed by atoms with Crippen molar-refractivity contribution in [2.45, 2.75) is 32.0 Å². The van der Waals surface area contributed by atoms with Crippen LogP contribution in [0.4, 0.5) is 5.82 Å². The second kappa shape index (κ2) is 12.2. The smallest absolute Gasteiger partial charge is 0.267 e. The average molecular weight is 520 g/mol. The van der Waals surface area contributed by atoms with E-state index in [0.29, 0.717) is 37.7 Å². The van der Waals surface area contributed by atoms with Gasteiger partial charge in [-0.3, -0.25) is 14.0 Å². The first kappa shape index (κ1) is 25.9. The molecule has 2 aromatic carbocycles. The highest BCUT2D eigenvalue weighted by atomic mass is 16.5. The van der Waals surface area contributed by atoms with Gasteiger partial charge in [0.2, 0.25) is 0 Å². The number of nitrogens with one attached hydrogen (secondary N) is 1. The summed E-state index contributed by atoms with van der Waals surface area (Å²) in [5.74, 6) is -0.146. The van der Waals surface area contributed by atoms with Gasteiger partial charge in [0.15, 0.2) is 0 Å². The maximum absolute atomic E-state index is 13.8. The number of hydrogen-bond donors (Lipinski definition) is 1. The number of aromatic nitrogens is 2. The molecule has 2 aromatic heterocycles. The topological polar surface area (TPSA) is 99.7 Å². The molecule has 8 heteroatoms. The van der Waals surface area contributed by atoms with E-state index >= 15 is 0 Å². The Morgan fingerprint density at radius 2 is 1.72 bits per heavy atom. The van der Waals surface area contributed by atoms with E-state index in [2.05, 4.69) is 5.32 Å². The second-order valence-corrected chi connectivity index (χ2v) is 9.43. The van der Waals surface area contributed by atoms with Crippen molar-refractivity contribution in [1.29, 1.82) is 5.26 Å². The van der Waals surface area contributed by atoms with Crippen molar-refractivity contribution < 1.29 is 9.53 Å². The van der Waals surface area contributed by atoms with Crippen molar-refractivity contribution >= 4 is 23.4 Å². The number of carbonyl (C=O) groups is 1. The lowest BCUT2D eigenvalue weighted by Crippen LogP contribution is -2.33. The van der Waals surface area contributed by atoms with E-state index in [4.69, 9.17) is 9.72 Å². The van der Waals surface area contributed by atoms with Crippen LogP contribution in [0.5, 0.6) is 0 Å². The van der Waals surface area contributed by atoms with Gasteiger partial charge in [-0.25, -0.2) is 4.98 Å². The SMILES string of the molecule is N#CC(=Cc1c(N(Cc2ccccc2)Cc2ccccc2)nc2ccccn2c1=O)C(=O)NCC1CCCO1. The maximum Gasteiger partial charge on any atom is 0.267 e. The van der Waals surface area contributed by atoms with Crippen LogP contribution in [0.1, 0.15) is 29.5 Å². The minimum absolute atomic E-state index is 0.0651. The van der Waals surface area contributed by atoms with Crippen LogP contribution in [0.2, 0.25) is 0 Å². The molecule has 1 unspecified atom stereocenters. The normalized spacial score (nSPS) is 15.2. The van der Waals surface area contributed by atoms with Crippen molar-refractivity contribution in [3.05, 3.63) is 118 Å². The summed E-state index contributed by atoms with van der Waals surface area (Å²) in [7, 11) is 0. The number of nitriles is 1. The second-order valence-electron chi connectivity index (χ2n) is 9.43. The highest BCUT2D eigenvalue weighted by molar-refractivity contribution is 6.02. The number of benzene rings is 2. The first-order valence-electron chi connectivity index (χ1n) is 13.0. The monoisotopic (exact) mass is 519 g/mol. The molecule has 0 radical (unpaired) electrons. The number of carbonyl (C=O) groups excluding carboxylic acids is 1. The Kier molecular flexibility index (Phi) is 8.10. The molecule has 39 heavy (non-hydrogen) atoms. The lowest BCUT2D eigenvalue weighted by atomic mass is 10.1. The molecule has 196 valence electrons.